The summed E-state index contributed by atoms with van der Waals surface area (Å²) in [7, 11) is 0. The maximum atomic E-state index is 6.24. The van der Waals surface area contributed by atoms with Crippen LogP contribution in [0.3, 0.4) is 0 Å². The monoisotopic (exact) mass is 310 g/mol. The molecule has 1 aliphatic carbocycles. The van der Waals surface area contributed by atoms with Gasteiger partial charge in [0, 0.05) is 18.1 Å². The van der Waals surface area contributed by atoms with Crippen molar-refractivity contribution in [2.24, 2.45) is 11.1 Å². The average molecular weight is 311 g/mol. The Morgan fingerprint density at radius 2 is 1.81 bits per heavy atom. The van der Waals surface area contributed by atoms with Crippen molar-refractivity contribution in [2.75, 3.05) is 19.7 Å². The molecule has 1 saturated carbocycles. The van der Waals surface area contributed by atoms with Crippen molar-refractivity contribution in [3.05, 3.63) is 0 Å². The van der Waals surface area contributed by atoms with Gasteiger partial charge < -0.3 is 15.4 Å². The lowest BCUT2D eigenvalue weighted by Crippen LogP contribution is -2.53. The van der Waals surface area contributed by atoms with E-state index in [4.69, 9.17) is 22.7 Å². The molecule has 0 aromatic heterocycles. The Morgan fingerprint density at radius 3 is 2.43 bits per heavy atom. The van der Waals surface area contributed by atoms with E-state index in [1.165, 1.54) is 44.9 Å². The Bertz CT molecular complexity index is 379. The Balaban J connectivity index is 1.59. The molecule has 2 saturated heterocycles. The third kappa shape index (κ3) is 3.27. The maximum absolute atomic E-state index is 6.24. The maximum Gasteiger partial charge on any atom is 0.0788 e. The summed E-state index contributed by atoms with van der Waals surface area (Å²) in [6.45, 7) is 5.48. The van der Waals surface area contributed by atoms with E-state index in [0.717, 1.165) is 32.5 Å². The summed E-state index contributed by atoms with van der Waals surface area (Å²) in [5.74, 6) is 0. The highest BCUT2D eigenvalue weighted by Crippen LogP contribution is 2.41. The zero-order chi connectivity index (χ0) is 14.9. The van der Waals surface area contributed by atoms with E-state index in [2.05, 4.69) is 11.8 Å². The van der Waals surface area contributed by atoms with Gasteiger partial charge in [0.2, 0.25) is 0 Å². The zero-order valence-corrected chi connectivity index (χ0v) is 14.2. The molecular weight excluding hydrogens is 280 g/mol. The van der Waals surface area contributed by atoms with Gasteiger partial charge in [-0.15, -0.1) is 0 Å². The highest BCUT2D eigenvalue weighted by Gasteiger charge is 2.42. The van der Waals surface area contributed by atoms with Crippen LogP contribution in [0.1, 0.15) is 64.7 Å². The molecule has 21 heavy (non-hydrogen) atoms. The van der Waals surface area contributed by atoms with Crippen molar-refractivity contribution in [1.29, 1.82) is 0 Å². The van der Waals surface area contributed by atoms with Crippen LogP contribution in [0.25, 0.3) is 0 Å². The SMILES string of the molecule is CC1(C(N)=S)CCN(C2CCOC3(CCCCC3)C2)CC1. The molecule has 0 aromatic rings. The van der Waals surface area contributed by atoms with Crippen LogP contribution in [-0.4, -0.2) is 41.2 Å². The number of thiocarbonyl (C=S) groups is 1. The first-order valence-corrected chi connectivity index (χ1v) is 9.12. The summed E-state index contributed by atoms with van der Waals surface area (Å²) >= 11 is 5.26. The first-order valence-electron chi connectivity index (χ1n) is 8.71. The normalized spacial score (nSPS) is 32.9. The van der Waals surface area contributed by atoms with Crippen molar-refractivity contribution < 1.29 is 4.74 Å². The van der Waals surface area contributed by atoms with Gasteiger partial charge in [0.1, 0.15) is 0 Å². The Labute approximate surface area is 134 Å². The molecule has 0 aromatic carbocycles. The molecule has 1 unspecified atom stereocenters. The van der Waals surface area contributed by atoms with E-state index in [-0.39, 0.29) is 11.0 Å². The van der Waals surface area contributed by atoms with Crippen molar-refractivity contribution in [2.45, 2.75) is 76.4 Å². The second-order valence-corrected chi connectivity index (χ2v) is 8.14. The van der Waals surface area contributed by atoms with E-state index in [1.807, 2.05) is 0 Å². The predicted octanol–water partition coefficient (Wildman–Crippen LogP) is 3.26. The third-order valence-corrected chi connectivity index (χ3v) is 6.74. The van der Waals surface area contributed by atoms with E-state index in [0.29, 0.717) is 11.0 Å². The standard InChI is InChI=1S/C17H30N2OS/c1-16(15(18)21)8-10-19(11-9-16)14-5-12-20-17(13-14)6-3-2-4-7-17/h14H,2-13H2,1H3,(H2,18,21). The smallest absolute Gasteiger partial charge is 0.0788 e. The van der Waals surface area contributed by atoms with E-state index in [9.17, 15) is 0 Å². The van der Waals surface area contributed by atoms with Crippen molar-refractivity contribution in [3.63, 3.8) is 0 Å². The van der Waals surface area contributed by atoms with Crippen LogP contribution in [0.15, 0.2) is 0 Å². The third-order valence-electron chi connectivity index (χ3n) is 6.24. The molecule has 2 heterocycles. The number of hydrogen-bond donors (Lipinski definition) is 1. The number of likely N-dealkylation sites (tertiary alicyclic amines) is 1. The van der Waals surface area contributed by atoms with E-state index >= 15 is 0 Å². The fourth-order valence-electron chi connectivity index (χ4n) is 4.49. The fraction of sp³-hybridized carbons (Fsp3) is 0.941. The number of piperidine rings is 1. The van der Waals surface area contributed by atoms with E-state index < -0.39 is 0 Å². The molecule has 3 fully saturated rings. The molecule has 3 rings (SSSR count). The van der Waals surface area contributed by atoms with Gasteiger partial charge in [-0.25, -0.2) is 0 Å². The van der Waals surface area contributed by atoms with Crippen LogP contribution < -0.4 is 5.73 Å². The van der Waals surface area contributed by atoms with Crippen LogP contribution in [-0.2, 0) is 4.74 Å². The lowest BCUT2D eigenvalue weighted by molar-refractivity contribution is -0.127. The molecule has 0 bridgehead atoms. The highest BCUT2D eigenvalue weighted by atomic mass is 32.1. The summed E-state index contributed by atoms with van der Waals surface area (Å²) in [5, 5.41) is 0. The summed E-state index contributed by atoms with van der Waals surface area (Å²) in [5.41, 5.74) is 6.23. The Hall–Kier alpha value is -0.190. The molecule has 1 spiro atoms. The minimum absolute atomic E-state index is 0.0829. The summed E-state index contributed by atoms with van der Waals surface area (Å²) in [6, 6.07) is 0.716. The first kappa shape index (κ1) is 15.7. The quantitative estimate of drug-likeness (QED) is 0.795. The van der Waals surface area contributed by atoms with Gasteiger partial charge in [-0.1, -0.05) is 38.4 Å². The van der Waals surface area contributed by atoms with E-state index in [1.54, 1.807) is 0 Å². The van der Waals surface area contributed by atoms with Gasteiger partial charge >= 0.3 is 0 Å². The van der Waals surface area contributed by atoms with Gasteiger partial charge in [0.25, 0.3) is 0 Å². The average Bonchev–Trinajstić information content (AvgIpc) is 2.49. The predicted molar refractivity (Wildman–Crippen MR) is 90.5 cm³/mol. The van der Waals surface area contributed by atoms with Crippen LogP contribution in [0, 0.1) is 5.41 Å². The van der Waals surface area contributed by atoms with Gasteiger partial charge in [-0.3, -0.25) is 0 Å². The summed E-state index contributed by atoms with van der Waals surface area (Å²) in [6.07, 6.45) is 11.3. The Kier molecular flexibility index (Phi) is 4.58. The molecule has 120 valence electrons. The van der Waals surface area contributed by atoms with Gasteiger partial charge in [0.15, 0.2) is 0 Å². The molecule has 2 aliphatic heterocycles. The molecule has 1 atom stereocenters. The van der Waals surface area contributed by atoms with Crippen molar-refractivity contribution in [3.8, 4) is 0 Å². The molecule has 4 heteroatoms. The summed E-state index contributed by atoms with van der Waals surface area (Å²) in [4.78, 5) is 3.40. The van der Waals surface area contributed by atoms with Crippen LogP contribution in [0.5, 0.6) is 0 Å². The van der Waals surface area contributed by atoms with Gasteiger partial charge in [0.05, 0.1) is 10.6 Å². The largest absolute Gasteiger partial charge is 0.393 e. The number of nitrogens with zero attached hydrogens (tertiary/aromatic N) is 1. The lowest BCUT2D eigenvalue weighted by Gasteiger charge is -2.49. The minimum atomic E-state index is 0.0829. The number of nitrogens with two attached hydrogens (primary N) is 1. The van der Waals surface area contributed by atoms with Crippen molar-refractivity contribution in [1.82, 2.24) is 4.90 Å². The number of ether oxygens (including phenoxy) is 1. The first-order chi connectivity index (χ1) is 10.0. The molecule has 0 radical (unpaired) electrons. The molecule has 3 aliphatic rings. The second-order valence-electron chi connectivity index (χ2n) is 7.70. The lowest BCUT2D eigenvalue weighted by atomic mass is 9.76. The molecular formula is C17H30N2OS. The summed E-state index contributed by atoms with van der Waals surface area (Å²) < 4.78 is 6.24. The molecule has 0 amide bonds. The second kappa shape index (κ2) is 6.13. The van der Waals surface area contributed by atoms with Crippen LogP contribution in [0.2, 0.25) is 0 Å². The minimum Gasteiger partial charge on any atom is -0.393 e. The van der Waals surface area contributed by atoms with Crippen LogP contribution in [0.4, 0.5) is 0 Å². The Morgan fingerprint density at radius 1 is 1.14 bits per heavy atom. The zero-order valence-electron chi connectivity index (χ0n) is 13.4. The van der Waals surface area contributed by atoms with Crippen LogP contribution >= 0.6 is 12.2 Å². The van der Waals surface area contributed by atoms with Gasteiger partial charge in [-0.2, -0.15) is 0 Å². The fourth-order valence-corrected chi connectivity index (χ4v) is 4.69. The topological polar surface area (TPSA) is 38.5 Å². The number of rotatable bonds is 2. The van der Waals surface area contributed by atoms with Gasteiger partial charge in [-0.05, 0) is 51.6 Å². The molecule has 2 N–H and O–H groups in total. The molecule has 3 nitrogen and oxygen atoms in total. The number of hydrogen-bond acceptors (Lipinski definition) is 3. The highest BCUT2D eigenvalue weighted by molar-refractivity contribution is 7.80. The van der Waals surface area contributed by atoms with Crippen molar-refractivity contribution >= 4 is 17.2 Å².